The molecule has 1 aromatic carbocycles. The SMILES string of the molecule is COc1ccc([N+](=O)[O-])cc1S(=O)(=O)OCC(F)(F)F. The van der Waals surface area contributed by atoms with Crippen LogP contribution in [0.15, 0.2) is 23.1 Å². The van der Waals surface area contributed by atoms with Crippen LogP contribution in [0.1, 0.15) is 0 Å². The minimum atomic E-state index is -4.86. The van der Waals surface area contributed by atoms with Crippen molar-refractivity contribution in [1.29, 1.82) is 0 Å². The Balaban J connectivity index is 3.21. The lowest BCUT2D eigenvalue weighted by atomic mass is 10.3. The zero-order chi connectivity index (χ0) is 15.6. The van der Waals surface area contributed by atoms with Gasteiger partial charge in [-0.05, 0) is 6.07 Å². The molecule has 0 heterocycles. The molecule has 112 valence electrons. The van der Waals surface area contributed by atoms with Crippen LogP contribution >= 0.6 is 0 Å². The first-order valence-corrected chi connectivity index (χ1v) is 6.26. The highest BCUT2D eigenvalue weighted by Gasteiger charge is 2.33. The predicted molar refractivity (Wildman–Crippen MR) is 58.8 cm³/mol. The van der Waals surface area contributed by atoms with E-state index in [-0.39, 0.29) is 5.75 Å². The Morgan fingerprint density at radius 2 is 1.95 bits per heavy atom. The number of nitro groups is 1. The Morgan fingerprint density at radius 1 is 1.35 bits per heavy atom. The van der Waals surface area contributed by atoms with Gasteiger partial charge in [0, 0.05) is 12.1 Å². The summed E-state index contributed by atoms with van der Waals surface area (Å²) in [6.45, 7) is -2.04. The molecule has 0 saturated carbocycles. The van der Waals surface area contributed by atoms with Crippen LogP contribution in [0.4, 0.5) is 18.9 Å². The van der Waals surface area contributed by atoms with E-state index in [0.717, 1.165) is 19.2 Å². The number of nitro benzene ring substituents is 1. The second-order valence-electron chi connectivity index (χ2n) is 3.42. The van der Waals surface area contributed by atoms with Crippen molar-refractivity contribution in [3.05, 3.63) is 28.3 Å². The highest BCUT2D eigenvalue weighted by atomic mass is 32.2. The molecule has 0 unspecified atom stereocenters. The molecule has 1 aromatic rings. The van der Waals surface area contributed by atoms with Gasteiger partial charge in [-0.25, -0.2) is 0 Å². The van der Waals surface area contributed by atoms with Gasteiger partial charge in [0.05, 0.1) is 12.0 Å². The van der Waals surface area contributed by atoms with Crippen LogP contribution < -0.4 is 4.74 Å². The fourth-order valence-corrected chi connectivity index (χ4v) is 2.26. The summed E-state index contributed by atoms with van der Waals surface area (Å²) < 4.78 is 67.5. The second-order valence-corrected chi connectivity index (χ2v) is 5.01. The van der Waals surface area contributed by atoms with Gasteiger partial charge in [-0.3, -0.25) is 14.3 Å². The summed E-state index contributed by atoms with van der Waals surface area (Å²) in [5.41, 5.74) is -0.625. The Bertz CT molecular complexity index is 613. The predicted octanol–water partition coefficient (Wildman–Crippen LogP) is 1.87. The molecule has 0 spiro atoms. The molecular formula is C9H8F3NO6S. The van der Waals surface area contributed by atoms with Gasteiger partial charge in [0.25, 0.3) is 5.69 Å². The van der Waals surface area contributed by atoms with Gasteiger partial charge in [0.15, 0.2) is 6.61 Å². The van der Waals surface area contributed by atoms with E-state index in [4.69, 9.17) is 0 Å². The Hall–Kier alpha value is -1.88. The molecular weight excluding hydrogens is 307 g/mol. The molecule has 0 saturated heterocycles. The van der Waals surface area contributed by atoms with E-state index >= 15 is 0 Å². The molecule has 1 rings (SSSR count). The standard InChI is InChI=1S/C9H8F3NO6S/c1-18-7-3-2-6(13(14)15)4-8(7)20(16,17)19-5-9(10,11)12/h2-4H,5H2,1H3. The summed E-state index contributed by atoms with van der Waals surface area (Å²) in [5.74, 6) is -0.363. The first-order valence-electron chi connectivity index (χ1n) is 4.85. The number of hydrogen-bond donors (Lipinski definition) is 0. The minimum Gasteiger partial charge on any atom is -0.495 e. The van der Waals surface area contributed by atoms with Crippen molar-refractivity contribution >= 4 is 15.8 Å². The molecule has 0 N–H and O–H groups in total. The van der Waals surface area contributed by atoms with Gasteiger partial charge in [-0.2, -0.15) is 21.6 Å². The van der Waals surface area contributed by atoms with Gasteiger partial charge >= 0.3 is 16.3 Å². The number of hydrogen-bond acceptors (Lipinski definition) is 6. The quantitative estimate of drug-likeness (QED) is 0.467. The van der Waals surface area contributed by atoms with E-state index in [1.165, 1.54) is 0 Å². The molecule has 20 heavy (non-hydrogen) atoms. The minimum absolute atomic E-state index is 0.363. The summed E-state index contributed by atoms with van der Waals surface area (Å²) in [7, 11) is -3.78. The van der Waals surface area contributed by atoms with Crippen molar-refractivity contribution in [3.63, 3.8) is 0 Å². The third kappa shape index (κ3) is 4.06. The lowest BCUT2D eigenvalue weighted by Gasteiger charge is -2.11. The van der Waals surface area contributed by atoms with E-state index in [0.29, 0.717) is 6.07 Å². The van der Waals surface area contributed by atoms with E-state index in [1.807, 2.05) is 0 Å². The number of methoxy groups -OCH3 is 1. The molecule has 0 bridgehead atoms. The van der Waals surface area contributed by atoms with Gasteiger partial charge < -0.3 is 4.74 Å². The highest BCUT2D eigenvalue weighted by molar-refractivity contribution is 7.86. The number of non-ortho nitro benzene ring substituents is 1. The molecule has 0 aromatic heterocycles. The van der Waals surface area contributed by atoms with Crippen LogP contribution in [0, 0.1) is 10.1 Å². The maximum absolute atomic E-state index is 12.0. The van der Waals surface area contributed by atoms with Gasteiger partial charge in [-0.1, -0.05) is 0 Å². The van der Waals surface area contributed by atoms with E-state index < -0.39 is 38.4 Å². The topological polar surface area (TPSA) is 95.7 Å². The summed E-state index contributed by atoms with van der Waals surface area (Å²) in [5, 5.41) is 10.5. The number of ether oxygens (including phenoxy) is 1. The van der Waals surface area contributed by atoms with Crippen molar-refractivity contribution in [2.24, 2.45) is 0 Å². The maximum atomic E-state index is 12.0. The average Bonchev–Trinajstić information content (AvgIpc) is 2.35. The van der Waals surface area contributed by atoms with E-state index in [1.54, 1.807) is 0 Å². The number of rotatable bonds is 5. The lowest BCUT2D eigenvalue weighted by molar-refractivity contribution is -0.385. The molecule has 0 atom stereocenters. The van der Waals surface area contributed by atoms with Crippen LogP contribution in [0.5, 0.6) is 5.75 Å². The Labute approximate surface area is 111 Å². The molecule has 0 radical (unpaired) electrons. The normalized spacial score (nSPS) is 12.2. The first-order chi connectivity index (χ1) is 9.07. The number of benzene rings is 1. The fourth-order valence-electron chi connectivity index (χ4n) is 1.18. The van der Waals surface area contributed by atoms with E-state index in [9.17, 15) is 31.7 Å². The number of nitrogens with zero attached hydrogens (tertiary/aromatic N) is 1. The van der Waals surface area contributed by atoms with Crippen molar-refractivity contribution in [3.8, 4) is 5.75 Å². The Morgan fingerprint density at radius 3 is 2.40 bits per heavy atom. The monoisotopic (exact) mass is 315 g/mol. The van der Waals surface area contributed by atoms with Gasteiger partial charge in [0.1, 0.15) is 10.6 Å². The van der Waals surface area contributed by atoms with Crippen molar-refractivity contribution in [1.82, 2.24) is 0 Å². The zero-order valence-corrected chi connectivity index (χ0v) is 10.7. The molecule has 0 aliphatic heterocycles. The molecule has 0 aliphatic rings. The van der Waals surface area contributed by atoms with E-state index in [2.05, 4.69) is 8.92 Å². The summed E-state index contributed by atoms with van der Waals surface area (Å²) in [4.78, 5) is 8.80. The lowest BCUT2D eigenvalue weighted by Crippen LogP contribution is -2.21. The maximum Gasteiger partial charge on any atom is 0.413 e. The molecule has 7 nitrogen and oxygen atoms in total. The Kier molecular flexibility index (Phi) is 4.55. The molecule has 0 aliphatic carbocycles. The summed E-state index contributed by atoms with van der Waals surface area (Å²) in [6.07, 6.45) is -4.86. The van der Waals surface area contributed by atoms with Crippen LogP contribution in [-0.2, 0) is 14.3 Å². The molecule has 0 fully saturated rings. The van der Waals surface area contributed by atoms with Crippen LogP contribution in [0.3, 0.4) is 0 Å². The zero-order valence-electron chi connectivity index (χ0n) is 9.88. The number of alkyl halides is 3. The summed E-state index contributed by atoms with van der Waals surface area (Å²) in [6, 6.07) is 2.45. The van der Waals surface area contributed by atoms with Gasteiger partial charge in [0.2, 0.25) is 0 Å². The largest absolute Gasteiger partial charge is 0.495 e. The second kappa shape index (κ2) is 5.63. The average molecular weight is 315 g/mol. The smallest absolute Gasteiger partial charge is 0.413 e. The fraction of sp³-hybridized carbons (Fsp3) is 0.333. The van der Waals surface area contributed by atoms with Crippen molar-refractivity contribution < 1.29 is 35.4 Å². The first kappa shape index (κ1) is 16.2. The number of halogens is 3. The third-order valence-corrected chi connectivity index (χ3v) is 3.29. The van der Waals surface area contributed by atoms with Crippen LogP contribution in [0.25, 0.3) is 0 Å². The van der Waals surface area contributed by atoms with Crippen LogP contribution in [0.2, 0.25) is 0 Å². The van der Waals surface area contributed by atoms with Crippen molar-refractivity contribution in [2.45, 2.75) is 11.1 Å². The summed E-state index contributed by atoms with van der Waals surface area (Å²) >= 11 is 0. The van der Waals surface area contributed by atoms with Crippen LogP contribution in [-0.4, -0.2) is 33.2 Å². The highest BCUT2D eigenvalue weighted by Crippen LogP contribution is 2.30. The van der Waals surface area contributed by atoms with Crippen molar-refractivity contribution in [2.75, 3.05) is 13.7 Å². The molecule has 11 heteroatoms. The third-order valence-electron chi connectivity index (χ3n) is 2.01. The molecule has 0 amide bonds. The van der Waals surface area contributed by atoms with Gasteiger partial charge in [-0.15, -0.1) is 0 Å².